The molecule has 0 spiro atoms. The summed E-state index contributed by atoms with van der Waals surface area (Å²) >= 11 is 6.04. The van der Waals surface area contributed by atoms with Crippen molar-refractivity contribution in [3.63, 3.8) is 0 Å². The summed E-state index contributed by atoms with van der Waals surface area (Å²) in [6.45, 7) is 4.88. The maximum atomic E-state index is 12.3. The quantitative estimate of drug-likeness (QED) is 0.893. The Hall–Kier alpha value is -1.33. The van der Waals surface area contributed by atoms with E-state index < -0.39 is 27.8 Å². The molecule has 2 atom stereocenters. The molecule has 8 heteroatoms. The number of likely N-dealkylation sites (N-methyl/N-ethyl adjacent to an activating group) is 1. The Labute approximate surface area is 141 Å². The van der Waals surface area contributed by atoms with Crippen LogP contribution in [0.5, 0.6) is 5.75 Å². The molecule has 0 bridgehead atoms. The van der Waals surface area contributed by atoms with Crippen molar-refractivity contribution in [1.29, 1.82) is 5.26 Å². The van der Waals surface area contributed by atoms with E-state index in [2.05, 4.69) is 0 Å². The first-order chi connectivity index (χ1) is 10.5. The SMILES string of the molecule is CCS(=O)(=O)N(C)C1c2cc(C#N)c(Cl)cc2OC(C)(C)C1O. The van der Waals surface area contributed by atoms with Crippen LogP contribution in [0.1, 0.15) is 37.9 Å². The summed E-state index contributed by atoms with van der Waals surface area (Å²) in [5.74, 6) is 0.273. The minimum atomic E-state index is -3.55. The van der Waals surface area contributed by atoms with Crippen molar-refractivity contribution in [2.75, 3.05) is 12.8 Å². The summed E-state index contributed by atoms with van der Waals surface area (Å²) in [4.78, 5) is 0. The maximum Gasteiger partial charge on any atom is 0.214 e. The number of aliphatic hydroxyl groups is 1. The molecule has 1 heterocycles. The van der Waals surface area contributed by atoms with Crippen LogP contribution in [0.25, 0.3) is 0 Å². The molecule has 1 aliphatic heterocycles. The minimum Gasteiger partial charge on any atom is -0.485 e. The van der Waals surface area contributed by atoms with Crippen LogP contribution in [0.4, 0.5) is 0 Å². The van der Waals surface area contributed by atoms with E-state index >= 15 is 0 Å². The fourth-order valence-corrected chi connectivity index (χ4v) is 3.82. The Balaban J connectivity index is 2.69. The van der Waals surface area contributed by atoms with Crippen LogP contribution < -0.4 is 4.74 Å². The fourth-order valence-electron chi connectivity index (χ4n) is 2.64. The van der Waals surface area contributed by atoms with Gasteiger partial charge in [-0.1, -0.05) is 11.6 Å². The number of aliphatic hydroxyl groups excluding tert-OH is 1. The van der Waals surface area contributed by atoms with Crippen molar-refractivity contribution in [3.05, 3.63) is 28.3 Å². The molecule has 0 saturated carbocycles. The highest BCUT2D eigenvalue weighted by Gasteiger charge is 2.47. The fraction of sp³-hybridized carbons (Fsp3) is 0.533. The lowest BCUT2D eigenvalue weighted by molar-refractivity contribution is -0.0763. The number of halogens is 1. The molecule has 6 nitrogen and oxygen atoms in total. The molecule has 0 amide bonds. The maximum absolute atomic E-state index is 12.3. The number of rotatable bonds is 3. The highest BCUT2D eigenvalue weighted by molar-refractivity contribution is 7.89. The van der Waals surface area contributed by atoms with Gasteiger partial charge in [0, 0.05) is 18.7 Å². The van der Waals surface area contributed by atoms with E-state index in [-0.39, 0.29) is 16.3 Å². The van der Waals surface area contributed by atoms with Gasteiger partial charge in [0.2, 0.25) is 10.0 Å². The Morgan fingerprint density at radius 2 is 2.09 bits per heavy atom. The zero-order valence-corrected chi connectivity index (χ0v) is 14.9. The zero-order chi connectivity index (χ0) is 17.6. The third-order valence-electron chi connectivity index (χ3n) is 4.12. The van der Waals surface area contributed by atoms with Crippen LogP contribution in [-0.4, -0.2) is 42.3 Å². The lowest BCUT2D eigenvalue weighted by Crippen LogP contribution is -2.54. The lowest BCUT2D eigenvalue weighted by atomic mass is 9.86. The molecular weight excluding hydrogens is 340 g/mol. The van der Waals surface area contributed by atoms with Gasteiger partial charge in [-0.15, -0.1) is 0 Å². The molecular formula is C15H19ClN2O4S. The standard InChI is InChI=1S/C15H19ClN2O4S/c1-5-23(20,21)18(4)13-10-6-9(8-17)11(16)7-12(10)22-15(2,3)14(13)19/h6-7,13-14,19H,5H2,1-4H3. The van der Waals surface area contributed by atoms with E-state index in [9.17, 15) is 13.5 Å². The van der Waals surface area contributed by atoms with Crippen LogP contribution in [-0.2, 0) is 10.0 Å². The average Bonchev–Trinajstić information content (AvgIpc) is 2.47. The van der Waals surface area contributed by atoms with Crippen LogP contribution in [0.15, 0.2) is 12.1 Å². The Morgan fingerprint density at radius 3 is 2.61 bits per heavy atom. The Bertz CT molecular complexity index is 770. The van der Waals surface area contributed by atoms with Gasteiger partial charge in [-0.25, -0.2) is 8.42 Å². The second kappa shape index (κ2) is 5.95. The Morgan fingerprint density at radius 1 is 1.48 bits per heavy atom. The molecule has 1 aliphatic rings. The number of nitriles is 1. The van der Waals surface area contributed by atoms with E-state index in [1.54, 1.807) is 13.8 Å². The largest absolute Gasteiger partial charge is 0.485 e. The third-order valence-corrected chi connectivity index (χ3v) is 6.27. The number of fused-ring (bicyclic) bond motifs is 1. The molecule has 0 fully saturated rings. The topological polar surface area (TPSA) is 90.6 Å². The summed E-state index contributed by atoms with van der Waals surface area (Å²) in [5, 5.41) is 20.0. The molecule has 126 valence electrons. The molecule has 0 radical (unpaired) electrons. The molecule has 23 heavy (non-hydrogen) atoms. The minimum absolute atomic E-state index is 0.0952. The van der Waals surface area contributed by atoms with Gasteiger partial charge in [0.05, 0.1) is 22.4 Å². The van der Waals surface area contributed by atoms with E-state index in [0.29, 0.717) is 11.3 Å². The van der Waals surface area contributed by atoms with Crippen LogP contribution in [0.2, 0.25) is 5.02 Å². The van der Waals surface area contributed by atoms with Gasteiger partial charge in [-0.2, -0.15) is 9.57 Å². The summed E-state index contributed by atoms with van der Waals surface area (Å²) in [7, 11) is -2.14. The molecule has 0 saturated heterocycles. The predicted octanol–water partition coefficient (Wildman–Crippen LogP) is 2.07. The number of hydrogen-bond donors (Lipinski definition) is 1. The van der Waals surface area contributed by atoms with Gasteiger partial charge in [0.15, 0.2) is 0 Å². The van der Waals surface area contributed by atoms with Crippen molar-refractivity contribution >= 4 is 21.6 Å². The first-order valence-electron chi connectivity index (χ1n) is 7.11. The van der Waals surface area contributed by atoms with Gasteiger partial charge in [0.25, 0.3) is 0 Å². The number of sulfonamides is 1. The van der Waals surface area contributed by atoms with Crippen molar-refractivity contribution in [1.82, 2.24) is 4.31 Å². The summed E-state index contributed by atoms with van der Waals surface area (Å²) in [5.41, 5.74) is -0.377. The normalized spacial score (nSPS) is 23.0. The Kier molecular flexibility index (Phi) is 4.66. The number of nitrogens with zero attached hydrogens (tertiary/aromatic N) is 2. The van der Waals surface area contributed by atoms with Gasteiger partial charge >= 0.3 is 0 Å². The van der Waals surface area contributed by atoms with E-state index in [4.69, 9.17) is 21.6 Å². The average molecular weight is 359 g/mol. The van der Waals surface area contributed by atoms with Crippen molar-refractivity contribution in [3.8, 4) is 11.8 Å². The molecule has 0 aliphatic carbocycles. The highest BCUT2D eigenvalue weighted by atomic mass is 35.5. The number of benzene rings is 1. The van der Waals surface area contributed by atoms with Crippen molar-refractivity contribution in [2.24, 2.45) is 0 Å². The van der Waals surface area contributed by atoms with Crippen LogP contribution in [0.3, 0.4) is 0 Å². The van der Waals surface area contributed by atoms with Crippen molar-refractivity contribution < 1.29 is 18.3 Å². The predicted molar refractivity (Wildman–Crippen MR) is 86.8 cm³/mol. The monoisotopic (exact) mass is 358 g/mol. The van der Waals surface area contributed by atoms with Crippen LogP contribution in [0, 0.1) is 11.3 Å². The lowest BCUT2D eigenvalue weighted by Gasteiger charge is -2.44. The second-order valence-corrected chi connectivity index (χ2v) is 8.72. The molecule has 1 aromatic carbocycles. The van der Waals surface area contributed by atoms with Gasteiger partial charge in [-0.3, -0.25) is 0 Å². The molecule has 0 aromatic heterocycles. The zero-order valence-electron chi connectivity index (χ0n) is 13.4. The van der Waals surface area contributed by atoms with Gasteiger partial charge < -0.3 is 9.84 Å². The molecule has 2 rings (SSSR count). The van der Waals surface area contributed by atoms with Gasteiger partial charge in [0.1, 0.15) is 23.5 Å². The number of hydrogen-bond acceptors (Lipinski definition) is 5. The molecule has 2 unspecified atom stereocenters. The number of ether oxygens (including phenoxy) is 1. The second-order valence-electron chi connectivity index (χ2n) is 5.99. The molecule has 1 aromatic rings. The van der Waals surface area contributed by atoms with Crippen molar-refractivity contribution in [2.45, 2.75) is 38.5 Å². The summed E-state index contributed by atoms with van der Waals surface area (Å²) in [6.07, 6.45) is -1.10. The van der Waals surface area contributed by atoms with Crippen LogP contribution >= 0.6 is 11.6 Å². The third kappa shape index (κ3) is 3.04. The van der Waals surface area contributed by atoms with E-state index in [1.807, 2.05) is 6.07 Å². The summed E-state index contributed by atoms with van der Waals surface area (Å²) < 4.78 is 31.4. The van der Waals surface area contributed by atoms with Gasteiger partial charge in [-0.05, 0) is 26.8 Å². The van der Waals surface area contributed by atoms with E-state index in [1.165, 1.54) is 26.1 Å². The summed E-state index contributed by atoms with van der Waals surface area (Å²) in [6, 6.07) is 4.06. The van der Waals surface area contributed by atoms with E-state index in [0.717, 1.165) is 4.31 Å². The first kappa shape index (κ1) is 18.0. The smallest absolute Gasteiger partial charge is 0.214 e. The molecule has 1 N–H and O–H groups in total. The first-order valence-corrected chi connectivity index (χ1v) is 9.10. The highest BCUT2D eigenvalue weighted by Crippen LogP contribution is 2.45.